The lowest BCUT2D eigenvalue weighted by molar-refractivity contribution is 0.712. The summed E-state index contributed by atoms with van der Waals surface area (Å²) in [6.07, 6.45) is 3.00. The van der Waals surface area contributed by atoms with Gasteiger partial charge in [0.2, 0.25) is 0 Å². The molecular formula is C8H15N3. The summed E-state index contributed by atoms with van der Waals surface area (Å²) in [5.74, 6) is 1.23. The van der Waals surface area contributed by atoms with Crippen LogP contribution in [0.3, 0.4) is 0 Å². The lowest BCUT2D eigenvalue weighted by Gasteiger charge is -2.13. The highest BCUT2D eigenvalue weighted by Gasteiger charge is 2.12. The van der Waals surface area contributed by atoms with Gasteiger partial charge in [-0.2, -0.15) is 5.10 Å². The molecular weight excluding hydrogens is 138 g/mol. The zero-order valence-corrected chi connectivity index (χ0v) is 7.17. The van der Waals surface area contributed by atoms with E-state index in [4.69, 9.17) is 5.73 Å². The van der Waals surface area contributed by atoms with Crippen LogP contribution in [0.4, 0.5) is 0 Å². The van der Waals surface area contributed by atoms with Gasteiger partial charge in [0.05, 0.1) is 0 Å². The first-order chi connectivity index (χ1) is 5.24. The molecule has 0 bridgehead atoms. The molecule has 0 radical (unpaired) electrons. The fourth-order valence-corrected chi connectivity index (χ4v) is 1.07. The summed E-state index contributed by atoms with van der Waals surface area (Å²) >= 11 is 0. The molecule has 0 spiro atoms. The molecule has 1 rings (SSSR count). The van der Waals surface area contributed by atoms with Crippen LogP contribution < -0.4 is 5.73 Å². The van der Waals surface area contributed by atoms with Crippen molar-refractivity contribution in [2.75, 3.05) is 0 Å². The fraction of sp³-hybridized carbons (Fsp3) is 0.750. The van der Waals surface area contributed by atoms with E-state index in [1.165, 1.54) is 5.71 Å². The molecule has 62 valence electrons. The van der Waals surface area contributed by atoms with Gasteiger partial charge in [0.1, 0.15) is 5.84 Å². The zero-order valence-electron chi connectivity index (χ0n) is 7.17. The van der Waals surface area contributed by atoms with Crippen molar-refractivity contribution in [3.8, 4) is 0 Å². The Kier molecular flexibility index (Phi) is 2.63. The molecule has 0 fully saturated rings. The van der Waals surface area contributed by atoms with E-state index in [1.807, 2.05) is 0 Å². The van der Waals surface area contributed by atoms with Crippen molar-refractivity contribution < 1.29 is 0 Å². The Morgan fingerprint density at radius 3 is 2.64 bits per heavy atom. The molecule has 0 saturated heterocycles. The van der Waals surface area contributed by atoms with Crippen molar-refractivity contribution in [2.45, 2.75) is 33.1 Å². The molecule has 0 aliphatic carbocycles. The monoisotopic (exact) mass is 153 g/mol. The van der Waals surface area contributed by atoms with Gasteiger partial charge in [-0.3, -0.25) is 0 Å². The largest absolute Gasteiger partial charge is 0.386 e. The number of nitrogens with two attached hydrogens (primary N) is 1. The maximum atomic E-state index is 5.48. The molecule has 3 heteroatoms. The van der Waals surface area contributed by atoms with Gasteiger partial charge in [-0.15, -0.1) is 5.10 Å². The molecule has 1 unspecified atom stereocenters. The number of hydrogen-bond donors (Lipinski definition) is 1. The van der Waals surface area contributed by atoms with Crippen molar-refractivity contribution in [1.82, 2.24) is 0 Å². The topological polar surface area (TPSA) is 50.7 Å². The van der Waals surface area contributed by atoms with E-state index in [0.29, 0.717) is 11.8 Å². The van der Waals surface area contributed by atoms with Crippen molar-refractivity contribution in [3.63, 3.8) is 0 Å². The third-order valence-corrected chi connectivity index (χ3v) is 2.13. The highest BCUT2D eigenvalue weighted by Crippen LogP contribution is 2.12. The summed E-state index contributed by atoms with van der Waals surface area (Å²) in [5.41, 5.74) is 6.68. The Labute approximate surface area is 67.4 Å². The van der Waals surface area contributed by atoms with Crippen molar-refractivity contribution >= 4 is 11.5 Å². The number of rotatable bonds is 2. The average Bonchev–Trinajstić information content (AvgIpc) is 2.05. The molecule has 2 N–H and O–H groups in total. The summed E-state index contributed by atoms with van der Waals surface area (Å²) in [7, 11) is 0. The van der Waals surface area contributed by atoms with E-state index in [0.717, 1.165) is 19.3 Å². The highest BCUT2D eigenvalue weighted by molar-refractivity contribution is 5.94. The number of hydrogen-bond acceptors (Lipinski definition) is 3. The van der Waals surface area contributed by atoms with Gasteiger partial charge in [-0.05, 0) is 18.8 Å². The van der Waals surface area contributed by atoms with Gasteiger partial charge < -0.3 is 5.73 Å². The fourth-order valence-electron chi connectivity index (χ4n) is 1.07. The molecule has 1 aliphatic rings. The number of amidine groups is 1. The molecule has 0 amide bonds. The van der Waals surface area contributed by atoms with E-state index in [9.17, 15) is 0 Å². The molecule has 1 heterocycles. The summed E-state index contributed by atoms with van der Waals surface area (Å²) in [5, 5.41) is 7.92. The summed E-state index contributed by atoms with van der Waals surface area (Å²) in [6.45, 7) is 4.34. The van der Waals surface area contributed by atoms with Gasteiger partial charge in [0, 0.05) is 12.1 Å². The summed E-state index contributed by atoms with van der Waals surface area (Å²) in [4.78, 5) is 0. The Bertz CT molecular complexity index is 194. The molecule has 0 saturated carbocycles. The van der Waals surface area contributed by atoms with E-state index in [2.05, 4.69) is 24.1 Å². The minimum Gasteiger partial charge on any atom is -0.386 e. The van der Waals surface area contributed by atoms with Gasteiger partial charge >= 0.3 is 0 Å². The first kappa shape index (κ1) is 8.24. The summed E-state index contributed by atoms with van der Waals surface area (Å²) in [6, 6.07) is 0. The lowest BCUT2D eigenvalue weighted by Crippen LogP contribution is -2.20. The van der Waals surface area contributed by atoms with Gasteiger partial charge in [0.25, 0.3) is 0 Å². The Morgan fingerprint density at radius 2 is 2.18 bits per heavy atom. The molecule has 1 aliphatic heterocycles. The average molecular weight is 153 g/mol. The summed E-state index contributed by atoms with van der Waals surface area (Å²) < 4.78 is 0. The molecule has 0 aromatic carbocycles. The third-order valence-electron chi connectivity index (χ3n) is 2.13. The van der Waals surface area contributed by atoms with Crippen LogP contribution >= 0.6 is 0 Å². The van der Waals surface area contributed by atoms with E-state index in [1.54, 1.807) is 0 Å². The predicted octanol–water partition coefficient (Wildman–Crippen LogP) is 1.54. The first-order valence-electron chi connectivity index (χ1n) is 4.12. The van der Waals surface area contributed by atoms with Gasteiger partial charge in [0.15, 0.2) is 0 Å². The second kappa shape index (κ2) is 3.51. The Balaban J connectivity index is 2.60. The van der Waals surface area contributed by atoms with E-state index >= 15 is 0 Å². The lowest BCUT2D eigenvalue weighted by atomic mass is 9.98. The van der Waals surface area contributed by atoms with Crippen LogP contribution in [0.25, 0.3) is 0 Å². The maximum Gasteiger partial charge on any atom is 0.122 e. The van der Waals surface area contributed by atoms with E-state index in [-0.39, 0.29) is 0 Å². The molecule has 0 aromatic rings. The SMILES string of the molecule is CCC(C)C1=NN=C(N)CC1. The maximum absolute atomic E-state index is 5.48. The van der Waals surface area contributed by atoms with Gasteiger partial charge in [-0.1, -0.05) is 13.8 Å². The molecule has 3 nitrogen and oxygen atoms in total. The zero-order chi connectivity index (χ0) is 8.27. The van der Waals surface area contributed by atoms with Gasteiger partial charge in [-0.25, -0.2) is 0 Å². The van der Waals surface area contributed by atoms with Crippen molar-refractivity contribution in [1.29, 1.82) is 0 Å². The van der Waals surface area contributed by atoms with Crippen molar-refractivity contribution in [3.05, 3.63) is 0 Å². The second-order valence-corrected chi connectivity index (χ2v) is 2.99. The molecule has 11 heavy (non-hydrogen) atoms. The molecule has 1 atom stereocenters. The van der Waals surface area contributed by atoms with Crippen LogP contribution in [0.5, 0.6) is 0 Å². The standard InChI is InChI=1S/C8H15N3/c1-3-6(2)7-4-5-8(9)11-10-7/h6H,3-5H2,1-2H3,(H2,9,11). The second-order valence-electron chi connectivity index (χ2n) is 2.99. The Hall–Kier alpha value is -0.860. The minimum atomic E-state index is 0.562. The van der Waals surface area contributed by atoms with Crippen LogP contribution in [-0.4, -0.2) is 11.5 Å². The normalized spacial score (nSPS) is 20.5. The van der Waals surface area contributed by atoms with Crippen LogP contribution in [0.2, 0.25) is 0 Å². The highest BCUT2D eigenvalue weighted by atomic mass is 15.2. The van der Waals surface area contributed by atoms with Crippen LogP contribution in [-0.2, 0) is 0 Å². The van der Waals surface area contributed by atoms with Crippen LogP contribution in [0.1, 0.15) is 33.1 Å². The van der Waals surface area contributed by atoms with E-state index < -0.39 is 0 Å². The minimum absolute atomic E-state index is 0.562. The van der Waals surface area contributed by atoms with Crippen LogP contribution in [0.15, 0.2) is 10.2 Å². The molecule has 0 aromatic heterocycles. The Morgan fingerprint density at radius 1 is 1.45 bits per heavy atom. The predicted molar refractivity (Wildman–Crippen MR) is 47.7 cm³/mol. The first-order valence-corrected chi connectivity index (χ1v) is 4.12. The smallest absolute Gasteiger partial charge is 0.122 e. The third kappa shape index (κ3) is 2.03. The van der Waals surface area contributed by atoms with Crippen LogP contribution in [0, 0.1) is 5.92 Å². The van der Waals surface area contributed by atoms with Crippen molar-refractivity contribution in [2.24, 2.45) is 21.9 Å². The number of nitrogens with zero attached hydrogens (tertiary/aromatic N) is 2. The quantitative estimate of drug-likeness (QED) is 0.642.